The van der Waals surface area contributed by atoms with Crippen molar-refractivity contribution in [1.29, 1.82) is 0 Å². The van der Waals surface area contributed by atoms with Crippen molar-refractivity contribution in [3.05, 3.63) is 0 Å². The van der Waals surface area contributed by atoms with Gasteiger partial charge in [0.25, 0.3) is 0 Å². The molecule has 0 fully saturated rings. The molecule has 0 saturated carbocycles. The maximum absolute atomic E-state index is 12.6. The first kappa shape index (κ1) is 43.9. The van der Waals surface area contributed by atoms with Gasteiger partial charge in [-0.05, 0) is 71.9 Å². The summed E-state index contributed by atoms with van der Waals surface area (Å²) in [5.41, 5.74) is -0.401. The molecule has 268 valence electrons. The second kappa shape index (κ2) is 32.8. The number of nitrogens with zero attached hydrogens (tertiary/aromatic N) is 1. The monoisotopic (exact) mass is 640 g/mol. The smallest absolute Gasteiger partial charge is 0.311 e. The predicted molar refractivity (Wildman–Crippen MR) is 191 cm³/mol. The maximum atomic E-state index is 12.6. The summed E-state index contributed by atoms with van der Waals surface area (Å²) in [4.78, 5) is 27.0. The molecule has 0 amide bonds. The molecule has 6 heteroatoms. The minimum Gasteiger partial charge on any atom is -0.466 e. The molecule has 6 nitrogen and oxygen atoms in total. The number of ether oxygens (including phenoxy) is 2. The predicted octanol–water partition coefficient (Wildman–Crippen LogP) is 10.6. The molecule has 1 N–H and O–H groups in total. The zero-order valence-electron chi connectivity index (χ0n) is 30.7. The van der Waals surface area contributed by atoms with E-state index in [-0.39, 0.29) is 18.5 Å². The quantitative estimate of drug-likeness (QED) is 0.0549. The van der Waals surface area contributed by atoms with Gasteiger partial charge >= 0.3 is 11.9 Å². The van der Waals surface area contributed by atoms with Crippen LogP contribution in [0.15, 0.2) is 0 Å². The number of carbonyl (C=O) groups excluding carboxylic acids is 2. The molecule has 45 heavy (non-hydrogen) atoms. The fourth-order valence-electron chi connectivity index (χ4n) is 5.86. The highest BCUT2D eigenvalue weighted by atomic mass is 16.5. The van der Waals surface area contributed by atoms with Crippen molar-refractivity contribution in [2.75, 3.05) is 39.5 Å². The Kier molecular flexibility index (Phi) is 32.0. The first-order valence-corrected chi connectivity index (χ1v) is 19.5. The average molecular weight is 640 g/mol. The first-order chi connectivity index (χ1) is 21.9. The lowest BCUT2D eigenvalue weighted by molar-refractivity contribution is -0.154. The third-order valence-corrected chi connectivity index (χ3v) is 9.06. The standard InChI is InChI=1S/C39H77NO5/c1-5-7-9-11-13-20-26-35-44-37(42)29-22-16-15-18-24-31-40(33-28-34-41)32-25-19-17-23-30-39(3,4)38(43)45-36-27-21-14-12-10-8-6-2/h41H,5-36H2,1-4H3. The molecule has 0 aliphatic rings. The summed E-state index contributed by atoms with van der Waals surface area (Å²) >= 11 is 0. The van der Waals surface area contributed by atoms with Crippen molar-refractivity contribution in [1.82, 2.24) is 4.90 Å². The van der Waals surface area contributed by atoms with Gasteiger partial charge in [-0.2, -0.15) is 0 Å². The van der Waals surface area contributed by atoms with Gasteiger partial charge in [-0.25, -0.2) is 0 Å². The number of unbranched alkanes of at least 4 members (excludes halogenated alkanes) is 19. The normalized spacial score (nSPS) is 11.8. The van der Waals surface area contributed by atoms with E-state index < -0.39 is 5.41 Å². The Morgan fingerprint density at radius 3 is 1.49 bits per heavy atom. The summed E-state index contributed by atoms with van der Waals surface area (Å²) in [5.74, 6) is -0.0687. The van der Waals surface area contributed by atoms with E-state index in [4.69, 9.17) is 9.47 Å². The van der Waals surface area contributed by atoms with Crippen molar-refractivity contribution >= 4 is 11.9 Å². The Bertz CT molecular complexity index is 653. The molecule has 0 rings (SSSR count). The van der Waals surface area contributed by atoms with Gasteiger partial charge in [0.05, 0.1) is 18.6 Å². The number of hydrogen-bond donors (Lipinski definition) is 1. The highest BCUT2D eigenvalue weighted by Gasteiger charge is 2.28. The summed E-state index contributed by atoms with van der Waals surface area (Å²) in [6.45, 7) is 13.0. The Hall–Kier alpha value is -1.14. The highest BCUT2D eigenvalue weighted by molar-refractivity contribution is 5.75. The number of carbonyl (C=O) groups is 2. The van der Waals surface area contributed by atoms with E-state index in [1.165, 1.54) is 89.9 Å². The van der Waals surface area contributed by atoms with Crippen LogP contribution in [0.1, 0.15) is 195 Å². The van der Waals surface area contributed by atoms with Crippen LogP contribution in [0.4, 0.5) is 0 Å². The fraction of sp³-hybridized carbons (Fsp3) is 0.949. The van der Waals surface area contributed by atoms with Crippen molar-refractivity contribution in [3.8, 4) is 0 Å². The molecule has 0 aromatic carbocycles. The van der Waals surface area contributed by atoms with Crippen molar-refractivity contribution in [3.63, 3.8) is 0 Å². The van der Waals surface area contributed by atoms with Crippen LogP contribution < -0.4 is 0 Å². The van der Waals surface area contributed by atoms with Crippen LogP contribution in [0.5, 0.6) is 0 Å². The van der Waals surface area contributed by atoms with E-state index in [0.717, 1.165) is 90.3 Å². The molecule has 0 atom stereocenters. The van der Waals surface area contributed by atoms with Crippen LogP contribution in [0.25, 0.3) is 0 Å². The van der Waals surface area contributed by atoms with E-state index in [9.17, 15) is 14.7 Å². The number of esters is 2. The third kappa shape index (κ3) is 30.0. The lowest BCUT2D eigenvalue weighted by Gasteiger charge is -2.23. The van der Waals surface area contributed by atoms with Crippen LogP contribution in [-0.2, 0) is 19.1 Å². The van der Waals surface area contributed by atoms with Gasteiger partial charge in [-0.15, -0.1) is 0 Å². The third-order valence-electron chi connectivity index (χ3n) is 9.06. The SMILES string of the molecule is CCCCCCCCCOC(=O)CCCCCCCN(CCCO)CCCCCCC(C)(C)C(=O)OCCCCCCCCC. The molecular formula is C39H77NO5. The van der Waals surface area contributed by atoms with Gasteiger partial charge < -0.3 is 19.5 Å². The molecule has 0 aliphatic heterocycles. The second-order valence-corrected chi connectivity index (χ2v) is 14.1. The van der Waals surface area contributed by atoms with Crippen LogP contribution >= 0.6 is 0 Å². The lowest BCUT2D eigenvalue weighted by atomic mass is 9.87. The van der Waals surface area contributed by atoms with Crippen molar-refractivity contribution in [2.45, 2.75) is 195 Å². The molecule has 0 spiro atoms. The molecule has 0 heterocycles. The molecule has 0 aliphatic carbocycles. The van der Waals surface area contributed by atoms with Gasteiger partial charge in [0.2, 0.25) is 0 Å². The van der Waals surface area contributed by atoms with Crippen LogP contribution in [-0.4, -0.2) is 61.4 Å². The maximum Gasteiger partial charge on any atom is 0.311 e. The number of aliphatic hydroxyl groups is 1. The Morgan fingerprint density at radius 2 is 0.956 bits per heavy atom. The number of hydrogen-bond acceptors (Lipinski definition) is 6. The largest absolute Gasteiger partial charge is 0.466 e. The minimum atomic E-state index is -0.401. The number of aliphatic hydroxyl groups excluding tert-OH is 1. The Labute approximate surface area is 280 Å². The van der Waals surface area contributed by atoms with Gasteiger partial charge in [-0.1, -0.05) is 129 Å². The summed E-state index contributed by atoms with van der Waals surface area (Å²) < 4.78 is 11.0. The first-order valence-electron chi connectivity index (χ1n) is 19.5. The highest BCUT2D eigenvalue weighted by Crippen LogP contribution is 2.26. The fourth-order valence-corrected chi connectivity index (χ4v) is 5.86. The molecule has 0 saturated heterocycles. The van der Waals surface area contributed by atoms with Crippen LogP contribution in [0.3, 0.4) is 0 Å². The van der Waals surface area contributed by atoms with E-state index >= 15 is 0 Å². The number of rotatable bonds is 35. The summed E-state index contributed by atoms with van der Waals surface area (Å²) in [7, 11) is 0. The molecule has 0 unspecified atom stereocenters. The van der Waals surface area contributed by atoms with Crippen molar-refractivity contribution < 1.29 is 24.2 Å². The lowest BCUT2D eigenvalue weighted by Crippen LogP contribution is -2.28. The molecule has 0 aromatic rings. The summed E-state index contributed by atoms with van der Waals surface area (Å²) in [6.07, 6.45) is 29.6. The van der Waals surface area contributed by atoms with E-state index in [2.05, 4.69) is 18.7 Å². The topological polar surface area (TPSA) is 76.1 Å². The van der Waals surface area contributed by atoms with Gasteiger partial charge in [0, 0.05) is 19.6 Å². The van der Waals surface area contributed by atoms with E-state index in [1.807, 2.05) is 13.8 Å². The van der Waals surface area contributed by atoms with Crippen LogP contribution in [0, 0.1) is 5.41 Å². The van der Waals surface area contributed by atoms with Crippen LogP contribution in [0.2, 0.25) is 0 Å². The zero-order chi connectivity index (χ0) is 33.3. The summed E-state index contributed by atoms with van der Waals surface area (Å²) in [6, 6.07) is 0. The van der Waals surface area contributed by atoms with Gasteiger partial charge in [-0.3, -0.25) is 9.59 Å². The van der Waals surface area contributed by atoms with E-state index in [1.54, 1.807) is 0 Å². The molecule has 0 aromatic heterocycles. The van der Waals surface area contributed by atoms with Gasteiger partial charge in [0.15, 0.2) is 0 Å². The Morgan fingerprint density at radius 1 is 0.533 bits per heavy atom. The minimum absolute atomic E-state index is 0.0292. The van der Waals surface area contributed by atoms with Crippen molar-refractivity contribution in [2.24, 2.45) is 5.41 Å². The molecule has 0 bridgehead atoms. The van der Waals surface area contributed by atoms with Gasteiger partial charge in [0.1, 0.15) is 0 Å². The Balaban J connectivity index is 3.84. The van der Waals surface area contributed by atoms with E-state index in [0.29, 0.717) is 19.6 Å². The second-order valence-electron chi connectivity index (χ2n) is 14.1. The molecule has 0 radical (unpaired) electrons. The average Bonchev–Trinajstić information content (AvgIpc) is 3.02. The zero-order valence-corrected chi connectivity index (χ0v) is 30.7. The summed E-state index contributed by atoms with van der Waals surface area (Å²) in [5, 5.41) is 9.33. The molecular weight excluding hydrogens is 562 g/mol.